The third kappa shape index (κ3) is 3.16. The summed E-state index contributed by atoms with van der Waals surface area (Å²) in [5, 5.41) is 3.40. The fourth-order valence-electron chi connectivity index (χ4n) is 1.43. The van der Waals surface area contributed by atoms with Crippen molar-refractivity contribution in [2.45, 2.75) is 19.4 Å². The van der Waals surface area contributed by atoms with E-state index in [-0.39, 0.29) is 0 Å². The Kier molecular flexibility index (Phi) is 4.70. The maximum Gasteiger partial charge on any atom is 0.122 e. The summed E-state index contributed by atoms with van der Waals surface area (Å²) in [6.07, 6.45) is 2.89. The molecule has 1 aromatic rings. The number of nitrogens with zero attached hydrogens (tertiary/aromatic N) is 1. The zero-order valence-electron chi connectivity index (χ0n) is 9.29. The van der Waals surface area contributed by atoms with Crippen LogP contribution in [-0.4, -0.2) is 32.1 Å². The fourth-order valence-corrected chi connectivity index (χ4v) is 1.43. The first kappa shape index (κ1) is 11.3. The summed E-state index contributed by atoms with van der Waals surface area (Å²) in [7, 11) is 4.14. The van der Waals surface area contributed by atoms with Crippen LogP contribution in [0.5, 0.6) is 0 Å². The number of hydrogen-bond donors (Lipinski definition) is 1. The summed E-state index contributed by atoms with van der Waals surface area (Å²) in [6.45, 7) is 4.17. The first-order valence-corrected chi connectivity index (χ1v) is 5.16. The molecule has 1 N–H and O–H groups in total. The molecule has 1 atom stereocenters. The third-order valence-corrected chi connectivity index (χ3v) is 2.26. The molecule has 0 saturated carbocycles. The molecule has 0 aliphatic rings. The average Bonchev–Trinajstić information content (AvgIpc) is 2.64. The van der Waals surface area contributed by atoms with E-state index >= 15 is 0 Å². The molecule has 0 fully saturated rings. The highest BCUT2D eigenvalue weighted by Gasteiger charge is 2.15. The summed E-state index contributed by atoms with van der Waals surface area (Å²) >= 11 is 0. The molecule has 1 rings (SSSR count). The second kappa shape index (κ2) is 5.83. The average molecular weight is 196 g/mol. The summed E-state index contributed by atoms with van der Waals surface area (Å²) in [4.78, 5) is 2.17. The highest BCUT2D eigenvalue weighted by molar-refractivity contribution is 5.04. The minimum absolute atomic E-state index is 0.330. The Hall–Kier alpha value is -0.800. The lowest BCUT2D eigenvalue weighted by atomic mass is 10.2. The highest BCUT2D eigenvalue weighted by Crippen LogP contribution is 2.17. The lowest BCUT2D eigenvalue weighted by Crippen LogP contribution is -2.31. The van der Waals surface area contributed by atoms with E-state index in [0.717, 1.165) is 25.3 Å². The molecule has 3 heteroatoms. The predicted molar refractivity (Wildman–Crippen MR) is 58.3 cm³/mol. The maximum atomic E-state index is 5.41. The van der Waals surface area contributed by atoms with E-state index in [4.69, 9.17) is 4.42 Å². The van der Waals surface area contributed by atoms with Gasteiger partial charge in [-0.1, -0.05) is 6.92 Å². The van der Waals surface area contributed by atoms with Crippen LogP contribution in [-0.2, 0) is 0 Å². The largest absolute Gasteiger partial charge is 0.468 e. The Morgan fingerprint density at radius 3 is 2.79 bits per heavy atom. The van der Waals surface area contributed by atoms with Gasteiger partial charge in [-0.15, -0.1) is 0 Å². The fraction of sp³-hybridized carbons (Fsp3) is 0.636. The highest BCUT2D eigenvalue weighted by atomic mass is 16.3. The molecule has 0 aliphatic carbocycles. The van der Waals surface area contributed by atoms with Crippen LogP contribution in [0.1, 0.15) is 25.1 Å². The molecular weight excluding hydrogens is 176 g/mol. The standard InChI is InChI=1S/C11H20N2O/c1-4-7-12-9-10(13(2)3)11-6-5-8-14-11/h5-6,8,10,12H,4,7,9H2,1-3H3. The van der Waals surface area contributed by atoms with E-state index in [1.54, 1.807) is 6.26 Å². The smallest absolute Gasteiger partial charge is 0.122 e. The van der Waals surface area contributed by atoms with Gasteiger partial charge in [0.15, 0.2) is 0 Å². The van der Waals surface area contributed by atoms with Gasteiger partial charge in [0.05, 0.1) is 12.3 Å². The molecule has 3 nitrogen and oxygen atoms in total. The SMILES string of the molecule is CCCNCC(c1ccco1)N(C)C. The Bertz CT molecular complexity index is 231. The van der Waals surface area contributed by atoms with Gasteiger partial charge in [-0.3, -0.25) is 4.90 Å². The molecule has 0 saturated heterocycles. The van der Waals surface area contributed by atoms with Crippen molar-refractivity contribution in [2.24, 2.45) is 0 Å². The lowest BCUT2D eigenvalue weighted by molar-refractivity contribution is 0.251. The molecule has 80 valence electrons. The van der Waals surface area contributed by atoms with Crippen molar-refractivity contribution in [3.05, 3.63) is 24.2 Å². The van der Waals surface area contributed by atoms with Crippen molar-refractivity contribution in [1.29, 1.82) is 0 Å². The number of hydrogen-bond acceptors (Lipinski definition) is 3. The molecular formula is C11H20N2O. The van der Waals surface area contributed by atoms with Gasteiger partial charge in [0.2, 0.25) is 0 Å². The van der Waals surface area contributed by atoms with Gasteiger partial charge in [-0.25, -0.2) is 0 Å². The predicted octanol–water partition coefficient (Wildman–Crippen LogP) is 1.88. The zero-order valence-corrected chi connectivity index (χ0v) is 9.29. The van der Waals surface area contributed by atoms with Crippen molar-refractivity contribution in [3.63, 3.8) is 0 Å². The first-order chi connectivity index (χ1) is 6.75. The molecule has 14 heavy (non-hydrogen) atoms. The second-order valence-corrected chi connectivity index (χ2v) is 3.70. The van der Waals surface area contributed by atoms with Crippen molar-refractivity contribution in [3.8, 4) is 0 Å². The van der Waals surface area contributed by atoms with Crippen molar-refractivity contribution in [2.75, 3.05) is 27.2 Å². The summed E-state index contributed by atoms with van der Waals surface area (Å²) in [5.41, 5.74) is 0. The van der Waals surface area contributed by atoms with E-state index < -0.39 is 0 Å². The molecule has 0 spiro atoms. The molecule has 1 heterocycles. The summed E-state index contributed by atoms with van der Waals surface area (Å²) in [5.74, 6) is 1.03. The summed E-state index contributed by atoms with van der Waals surface area (Å²) < 4.78 is 5.41. The van der Waals surface area contributed by atoms with E-state index in [1.807, 2.05) is 12.1 Å². The summed E-state index contributed by atoms with van der Waals surface area (Å²) in [6, 6.07) is 4.29. The minimum Gasteiger partial charge on any atom is -0.468 e. The molecule has 0 bridgehead atoms. The normalized spacial score (nSPS) is 13.4. The van der Waals surface area contributed by atoms with Gasteiger partial charge >= 0.3 is 0 Å². The van der Waals surface area contributed by atoms with Crippen LogP contribution < -0.4 is 5.32 Å². The monoisotopic (exact) mass is 196 g/mol. The van der Waals surface area contributed by atoms with Gasteiger partial charge in [-0.05, 0) is 39.2 Å². The van der Waals surface area contributed by atoms with Gasteiger partial charge < -0.3 is 9.73 Å². The lowest BCUT2D eigenvalue weighted by Gasteiger charge is -2.22. The Morgan fingerprint density at radius 1 is 1.50 bits per heavy atom. The molecule has 0 radical (unpaired) electrons. The van der Waals surface area contributed by atoms with Gasteiger partial charge in [-0.2, -0.15) is 0 Å². The Labute approximate surface area is 86.1 Å². The van der Waals surface area contributed by atoms with Gasteiger partial charge in [0.25, 0.3) is 0 Å². The number of nitrogens with one attached hydrogen (secondary N) is 1. The quantitative estimate of drug-likeness (QED) is 0.704. The second-order valence-electron chi connectivity index (χ2n) is 3.70. The van der Waals surface area contributed by atoms with Crippen LogP contribution in [0.25, 0.3) is 0 Å². The molecule has 0 aromatic carbocycles. The van der Waals surface area contributed by atoms with Crippen LogP contribution in [0, 0.1) is 0 Å². The van der Waals surface area contributed by atoms with Crippen LogP contribution >= 0.6 is 0 Å². The van der Waals surface area contributed by atoms with Crippen molar-refractivity contribution >= 4 is 0 Å². The van der Waals surface area contributed by atoms with Crippen molar-refractivity contribution < 1.29 is 4.42 Å². The molecule has 0 aliphatic heterocycles. The van der Waals surface area contributed by atoms with Crippen LogP contribution in [0.3, 0.4) is 0 Å². The molecule has 0 amide bonds. The van der Waals surface area contributed by atoms with E-state index in [1.165, 1.54) is 0 Å². The minimum atomic E-state index is 0.330. The van der Waals surface area contributed by atoms with Crippen LogP contribution in [0.2, 0.25) is 0 Å². The topological polar surface area (TPSA) is 28.4 Å². The van der Waals surface area contributed by atoms with Crippen LogP contribution in [0.4, 0.5) is 0 Å². The molecule has 1 unspecified atom stereocenters. The number of likely N-dealkylation sites (N-methyl/N-ethyl adjacent to an activating group) is 1. The van der Waals surface area contributed by atoms with E-state index in [2.05, 4.69) is 31.2 Å². The van der Waals surface area contributed by atoms with Crippen molar-refractivity contribution in [1.82, 2.24) is 10.2 Å². The van der Waals surface area contributed by atoms with E-state index in [0.29, 0.717) is 6.04 Å². The number of rotatable bonds is 6. The van der Waals surface area contributed by atoms with Crippen LogP contribution in [0.15, 0.2) is 22.8 Å². The Morgan fingerprint density at radius 2 is 2.29 bits per heavy atom. The first-order valence-electron chi connectivity index (χ1n) is 5.16. The molecule has 1 aromatic heterocycles. The third-order valence-electron chi connectivity index (χ3n) is 2.26. The van der Waals surface area contributed by atoms with E-state index in [9.17, 15) is 0 Å². The zero-order chi connectivity index (χ0) is 10.4. The number of furan rings is 1. The maximum absolute atomic E-state index is 5.41. The van der Waals surface area contributed by atoms with Gasteiger partial charge in [0.1, 0.15) is 5.76 Å². The Balaban J connectivity index is 2.48. The van der Waals surface area contributed by atoms with Gasteiger partial charge in [0, 0.05) is 6.54 Å².